The quantitative estimate of drug-likeness (QED) is 0.855. The Morgan fingerprint density at radius 3 is 3.00 bits per heavy atom. The first-order valence-corrected chi connectivity index (χ1v) is 6.88. The van der Waals surface area contributed by atoms with Crippen molar-refractivity contribution < 1.29 is 9.90 Å². The molecule has 2 aromatic rings. The van der Waals surface area contributed by atoms with Gasteiger partial charge in [-0.1, -0.05) is 0 Å². The number of hydrogen-bond acceptors (Lipinski definition) is 5. The lowest BCUT2D eigenvalue weighted by Crippen LogP contribution is -1.89. The fourth-order valence-electron chi connectivity index (χ4n) is 0.973. The van der Waals surface area contributed by atoms with Gasteiger partial charge in [-0.3, -0.25) is 0 Å². The lowest BCUT2D eigenvalue weighted by molar-refractivity contribution is 0.0702. The summed E-state index contributed by atoms with van der Waals surface area (Å²) < 4.78 is 0. The van der Waals surface area contributed by atoms with Gasteiger partial charge in [0.2, 0.25) is 0 Å². The highest BCUT2D eigenvalue weighted by Crippen LogP contribution is 2.27. The minimum absolute atomic E-state index is 0.385. The van der Waals surface area contributed by atoms with Crippen molar-refractivity contribution in [1.29, 1.82) is 0 Å². The number of thiophene rings is 1. The van der Waals surface area contributed by atoms with E-state index >= 15 is 0 Å². The lowest BCUT2D eigenvalue weighted by atomic mass is 10.5. The molecule has 0 saturated carbocycles. The normalized spacial score (nSPS) is 10.4. The fraction of sp³-hybridized carbons (Fsp3) is 0.111. The Kier molecular flexibility index (Phi) is 3.40. The van der Waals surface area contributed by atoms with Crippen LogP contribution in [0.1, 0.15) is 15.4 Å². The molecular formula is C9H7NO2S3. The third-order valence-electron chi connectivity index (χ3n) is 1.66. The second kappa shape index (κ2) is 4.78. The molecule has 3 nitrogen and oxygen atoms in total. The van der Waals surface area contributed by atoms with E-state index in [1.54, 1.807) is 34.7 Å². The maximum absolute atomic E-state index is 10.6. The molecule has 1 N–H and O–H groups in total. The Bertz CT molecular complexity index is 450. The van der Waals surface area contributed by atoms with Crippen molar-refractivity contribution in [2.24, 2.45) is 0 Å². The fourth-order valence-corrected chi connectivity index (χ4v) is 3.41. The standard InChI is InChI=1S/C9H7NO2S3/c11-9(12)8-1-7(4-15-8)14-3-6-2-13-5-10-6/h1-2,4-5H,3H2,(H,11,12). The van der Waals surface area contributed by atoms with Crippen LogP contribution in [-0.2, 0) is 5.75 Å². The van der Waals surface area contributed by atoms with Crippen molar-refractivity contribution in [1.82, 2.24) is 4.98 Å². The van der Waals surface area contributed by atoms with Gasteiger partial charge in [0, 0.05) is 21.4 Å². The van der Waals surface area contributed by atoms with Gasteiger partial charge in [0.15, 0.2) is 0 Å². The summed E-state index contributed by atoms with van der Waals surface area (Å²) in [7, 11) is 0. The number of nitrogens with zero attached hydrogens (tertiary/aromatic N) is 1. The molecule has 0 aromatic carbocycles. The Hall–Kier alpha value is -0.850. The molecule has 2 rings (SSSR count). The van der Waals surface area contributed by atoms with E-state index in [9.17, 15) is 4.79 Å². The van der Waals surface area contributed by atoms with Crippen LogP contribution in [0.2, 0.25) is 0 Å². The third kappa shape index (κ3) is 2.80. The molecule has 0 bridgehead atoms. The van der Waals surface area contributed by atoms with Gasteiger partial charge in [0.05, 0.1) is 11.2 Å². The van der Waals surface area contributed by atoms with E-state index in [0.29, 0.717) is 4.88 Å². The van der Waals surface area contributed by atoms with E-state index in [2.05, 4.69) is 4.98 Å². The SMILES string of the molecule is O=C(O)c1cc(SCc2cscn2)cs1. The van der Waals surface area contributed by atoms with Gasteiger partial charge >= 0.3 is 5.97 Å². The summed E-state index contributed by atoms with van der Waals surface area (Å²) >= 11 is 4.43. The first kappa shape index (κ1) is 10.7. The van der Waals surface area contributed by atoms with Gasteiger partial charge in [0.25, 0.3) is 0 Å². The van der Waals surface area contributed by atoms with E-state index in [4.69, 9.17) is 5.11 Å². The van der Waals surface area contributed by atoms with Crippen molar-refractivity contribution in [3.05, 3.63) is 32.9 Å². The number of rotatable bonds is 4. The van der Waals surface area contributed by atoms with Crippen molar-refractivity contribution in [2.45, 2.75) is 10.6 Å². The monoisotopic (exact) mass is 257 g/mol. The second-order valence-electron chi connectivity index (χ2n) is 2.72. The minimum Gasteiger partial charge on any atom is -0.477 e. The van der Waals surface area contributed by atoms with E-state index in [1.165, 1.54) is 11.3 Å². The Labute approximate surface area is 98.8 Å². The first-order valence-electron chi connectivity index (χ1n) is 4.07. The lowest BCUT2D eigenvalue weighted by Gasteiger charge is -1.93. The molecule has 78 valence electrons. The number of aromatic carboxylic acids is 1. The third-order valence-corrected chi connectivity index (χ3v) is 4.37. The van der Waals surface area contributed by atoms with Crippen LogP contribution in [0.15, 0.2) is 27.2 Å². The van der Waals surface area contributed by atoms with Gasteiger partial charge in [-0.15, -0.1) is 34.4 Å². The highest BCUT2D eigenvalue weighted by atomic mass is 32.2. The zero-order valence-electron chi connectivity index (χ0n) is 7.54. The van der Waals surface area contributed by atoms with Crippen LogP contribution in [0.25, 0.3) is 0 Å². The predicted octanol–water partition coefficient (Wildman–Crippen LogP) is 3.20. The Morgan fingerprint density at radius 1 is 1.53 bits per heavy atom. The number of carbonyl (C=O) groups is 1. The second-order valence-corrected chi connectivity index (χ2v) is 5.40. The van der Waals surface area contributed by atoms with Gasteiger partial charge in [-0.2, -0.15) is 0 Å². The highest BCUT2D eigenvalue weighted by molar-refractivity contribution is 7.98. The topological polar surface area (TPSA) is 50.2 Å². The summed E-state index contributed by atoms with van der Waals surface area (Å²) in [6.45, 7) is 0. The number of hydrogen-bond donors (Lipinski definition) is 1. The average Bonchev–Trinajstić information content (AvgIpc) is 2.86. The minimum atomic E-state index is -0.861. The molecule has 6 heteroatoms. The van der Waals surface area contributed by atoms with Gasteiger partial charge < -0.3 is 5.11 Å². The molecular weight excluding hydrogens is 250 g/mol. The molecule has 0 radical (unpaired) electrons. The van der Waals surface area contributed by atoms with Crippen LogP contribution in [0.5, 0.6) is 0 Å². The zero-order chi connectivity index (χ0) is 10.7. The molecule has 0 spiro atoms. The molecule has 2 aromatic heterocycles. The van der Waals surface area contributed by atoms with E-state index in [-0.39, 0.29) is 0 Å². The number of thioether (sulfide) groups is 1. The molecule has 0 unspecified atom stereocenters. The summed E-state index contributed by atoms with van der Waals surface area (Å²) in [6, 6.07) is 1.70. The van der Waals surface area contributed by atoms with E-state index in [1.807, 2.05) is 10.8 Å². The summed E-state index contributed by atoms with van der Waals surface area (Å²) in [4.78, 5) is 16.2. The van der Waals surface area contributed by atoms with Crippen molar-refractivity contribution in [2.75, 3.05) is 0 Å². The van der Waals surface area contributed by atoms with Crippen LogP contribution in [-0.4, -0.2) is 16.1 Å². The summed E-state index contributed by atoms with van der Waals surface area (Å²) in [5.41, 5.74) is 2.83. The smallest absolute Gasteiger partial charge is 0.345 e. The van der Waals surface area contributed by atoms with Crippen LogP contribution < -0.4 is 0 Å². The van der Waals surface area contributed by atoms with E-state index in [0.717, 1.165) is 16.3 Å². The molecule has 0 fully saturated rings. The van der Waals surface area contributed by atoms with Crippen molar-refractivity contribution >= 4 is 40.4 Å². The number of aromatic nitrogens is 1. The van der Waals surface area contributed by atoms with Crippen LogP contribution in [0, 0.1) is 0 Å². The van der Waals surface area contributed by atoms with Crippen LogP contribution in [0.3, 0.4) is 0 Å². The summed E-state index contributed by atoms with van der Waals surface area (Å²) in [6.07, 6.45) is 0. The molecule has 0 aliphatic rings. The van der Waals surface area contributed by atoms with Crippen molar-refractivity contribution in [3.63, 3.8) is 0 Å². The van der Waals surface area contributed by atoms with Crippen LogP contribution in [0.4, 0.5) is 0 Å². The molecule has 0 aliphatic heterocycles. The zero-order valence-corrected chi connectivity index (χ0v) is 9.99. The average molecular weight is 257 g/mol. The van der Waals surface area contributed by atoms with Gasteiger partial charge in [-0.25, -0.2) is 9.78 Å². The maximum atomic E-state index is 10.6. The number of thiazole rings is 1. The van der Waals surface area contributed by atoms with E-state index < -0.39 is 5.97 Å². The summed E-state index contributed by atoms with van der Waals surface area (Å²) in [5, 5.41) is 12.6. The molecule has 15 heavy (non-hydrogen) atoms. The van der Waals surface area contributed by atoms with Gasteiger partial charge in [-0.05, 0) is 6.07 Å². The molecule has 2 heterocycles. The number of carboxylic acid groups (broad SMARTS) is 1. The van der Waals surface area contributed by atoms with Gasteiger partial charge in [0.1, 0.15) is 4.88 Å². The molecule has 0 aliphatic carbocycles. The highest BCUT2D eigenvalue weighted by Gasteiger charge is 2.07. The Morgan fingerprint density at radius 2 is 2.40 bits per heavy atom. The summed E-state index contributed by atoms with van der Waals surface area (Å²) in [5.74, 6) is -0.0697. The van der Waals surface area contributed by atoms with Crippen molar-refractivity contribution in [3.8, 4) is 0 Å². The molecule has 0 atom stereocenters. The first-order chi connectivity index (χ1) is 7.25. The van der Waals surface area contributed by atoms with Crippen LogP contribution >= 0.6 is 34.4 Å². The maximum Gasteiger partial charge on any atom is 0.345 e. The molecule has 0 saturated heterocycles. The Balaban J connectivity index is 1.96. The molecule has 0 amide bonds. The largest absolute Gasteiger partial charge is 0.477 e. The predicted molar refractivity (Wildman–Crippen MR) is 63.0 cm³/mol. The number of carboxylic acids is 1.